The first-order valence-corrected chi connectivity index (χ1v) is 8.10. The van der Waals surface area contributed by atoms with E-state index in [4.69, 9.17) is 5.73 Å². The minimum absolute atomic E-state index is 0.178. The van der Waals surface area contributed by atoms with Crippen LogP contribution >= 0.6 is 0 Å². The van der Waals surface area contributed by atoms with Crippen molar-refractivity contribution in [2.75, 3.05) is 17.6 Å². The van der Waals surface area contributed by atoms with Crippen LogP contribution in [0.4, 0.5) is 17.6 Å². The van der Waals surface area contributed by atoms with Gasteiger partial charge in [0.1, 0.15) is 5.82 Å². The SMILES string of the molecule is Cc1ccccc1Nc1nc(N)nc(CN(CC(C)O)C(C)C)n1. The first-order valence-electron chi connectivity index (χ1n) is 8.10. The molecule has 0 aliphatic carbocycles. The van der Waals surface area contributed by atoms with Gasteiger partial charge in [-0.3, -0.25) is 4.90 Å². The van der Waals surface area contributed by atoms with Crippen molar-refractivity contribution in [2.24, 2.45) is 0 Å². The van der Waals surface area contributed by atoms with Gasteiger partial charge in [-0.1, -0.05) is 18.2 Å². The summed E-state index contributed by atoms with van der Waals surface area (Å²) in [7, 11) is 0. The van der Waals surface area contributed by atoms with E-state index in [0.29, 0.717) is 24.9 Å². The van der Waals surface area contributed by atoms with Gasteiger partial charge in [0.2, 0.25) is 11.9 Å². The van der Waals surface area contributed by atoms with Crippen LogP contribution in [-0.4, -0.2) is 43.6 Å². The third-order valence-corrected chi connectivity index (χ3v) is 3.66. The van der Waals surface area contributed by atoms with Gasteiger partial charge in [-0.25, -0.2) is 0 Å². The highest BCUT2D eigenvalue weighted by Gasteiger charge is 2.15. The van der Waals surface area contributed by atoms with Gasteiger partial charge in [-0.2, -0.15) is 15.0 Å². The average Bonchev–Trinajstić information content (AvgIpc) is 2.48. The largest absolute Gasteiger partial charge is 0.392 e. The molecule has 0 amide bonds. The fourth-order valence-corrected chi connectivity index (χ4v) is 2.38. The lowest BCUT2D eigenvalue weighted by atomic mass is 10.2. The Labute approximate surface area is 143 Å². The van der Waals surface area contributed by atoms with Crippen molar-refractivity contribution >= 4 is 17.6 Å². The lowest BCUT2D eigenvalue weighted by molar-refractivity contribution is 0.101. The van der Waals surface area contributed by atoms with Gasteiger partial charge in [-0.15, -0.1) is 0 Å². The molecule has 130 valence electrons. The van der Waals surface area contributed by atoms with Crippen molar-refractivity contribution in [3.63, 3.8) is 0 Å². The van der Waals surface area contributed by atoms with Gasteiger partial charge in [0.25, 0.3) is 0 Å². The molecule has 1 aromatic heterocycles. The second kappa shape index (κ2) is 8.03. The zero-order valence-corrected chi connectivity index (χ0v) is 14.7. The number of nitrogen functional groups attached to an aromatic ring is 1. The summed E-state index contributed by atoms with van der Waals surface area (Å²) < 4.78 is 0. The van der Waals surface area contributed by atoms with Crippen LogP contribution in [0.15, 0.2) is 24.3 Å². The summed E-state index contributed by atoms with van der Waals surface area (Å²) in [6.07, 6.45) is -0.420. The van der Waals surface area contributed by atoms with Gasteiger partial charge in [-0.05, 0) is 39.3 Å². The van der Waals surface area contributed by atoms with E-state index in [0.717, 1.165) is 11.3 Å². The maximum Gasteiger partial charge on any atom is 0.232 e. The molecule has 2 aromatic rings. The van der Waals surface area contributed by atoms with Gasteiger partial charge in [0.05, 0.1) is 12.6 Å². The quantitative estimate of drug-likeness (QED) is 0.714. The number of nitrogens with two attached hydrogens (primary N) is 1. The maximum atomic E-state index is 9.65. The lowest BCUT2D eigenvalue weighted by Crippen LogP contribution is -2.36. The lowest BCUT2D eigenvalue weighted by Gasteiger charge is -2.26. The smallest absolute Gasteiger partial charge is 0.232 e. The number of benzene rings is 1. The second-order valence-corrected chi connectivity index (χ2v) is 6.25. The van der Waals surface area contributed by atoms with E-state index in [1.165, 1.54) is 0 Å². The zero-order valence-electron chi connectivity index (χ0n) is 14.7. The summed E-state index contributed by atoms with van der Waals surface area (Å²) in [5, 5.41) is 12.8. The second-order valence-electron chi connectivity index (χ2n) is 6.25. The molecule has 1 aromatic carbocycles. The predicted octanol–water partition coefficient (Wildman–Crippen LogP) is 2.10. The molecule has 24 heavy (non-hydrogen) atoms. The molecule has 2 rings (SSSR count). The number of aromatic nitrogens is 3. The Morgan fingerprint density at radius 1 is 1.17 bits per heavy atom. The van der Waals surface area contributed by atoms with E-state index < -0.39 is 6.10 Å². The first-order chi connectivity index (χ1) is 11.3. The van der Waals surface area contributed by atoms with E-state index in [1.54, 1.807) is 6.92 Å². The number of rotatable bonds is 7. The van der Waals surface area contributed by atoms with Crippen molar-refractivity contribution in [2.45, 2.75) is 46.4 Å². The highest BCUT2D eigenvalue weighted by Crippen LogP contribution is 2.18. The number of anilines is 3. The first kappa shape index (κ1) is 18.1. The molecule has 0 radical (unpaired) electrons. The number of para-hydroxylation sites is 1. The Morgan fingerprint density at radius 3 is 2.50 bits per heavy atom. The molecule has 0 spiro atoms. The third kappa shape index (κ3) is 5.14. The van der Waals surface area contributed by atoms with Crippen LogP contribution in [0.1, 0.15) is 32.2 Å². The van der Waals surface area contributed by atoms with E-state index in [1.807, 2.05) is 31.2 Å². The number of hydrogen-bond acceptors (Lipinski definition) is 7. The molecule has 0 bridgehead atoms. The Bertz CT molecular complexity index is 674. The molecule has 1 atom stereocenters. The van der Waals surface area contributed by atoms with Gasteiger partial charge < -0.3 is 16.2 Å². The summed E-state index contributed by atoms with van der Waals surface area (Å²) >= 11 is 0. The number of nitrogens with zero attached hydrogens (tertiary/aromatic N) is 4. The van der Waals surface area contributed by atoms with Crippen LogP contribution in [0.2, 0.25) is 0 Å². The third-order valence-electron chi connectivity index (χ3n) is 3.66. The Kier molecular flexibility index (Phi) is 6.05. The summed E-state index contributed by atoms with van der Waals surface area (Å²) in [6, 6.07) is 8.15. The fraction of sp³-hybridized carbons (Fsp3) is 0.471. The van der Waals surface area contributed by atoms with E-state index in [-0.39, 0.29) is 12.0 Å². The van der Waals surface area contributed by atoms with Gasteiger partial charge in [0, 0.05) is 18.3 Å². The average molecular weight is 330 g/mol. The molecule has 7 nitrogen and oxygen atoms in total. The van der Waals surface area contributed by atoms with Crippen LogP contribution in [0.25, 0.3) is 0 Å². The molecule has 0 aliphatic heterocycles. The number of aliphatic hydroxyl groups is 1. The molecular weight excluding hydrogens is 304 g/mol. The van der Waals surface area contributed by atoms with Crippen LogP contribution in [0.5, 0.6) is 0 Å². The van der Waals surface area contributed by atoms with Gasteiger partial charge in [0.15, 0.2) is 0 Å². The molecule has 0 saturated heterocycles. The van der Waals surface area contributed by atoms with Crippen molar-refractivity contribution in [1.29, 1.82) is 0 Å². The van der Waals surface area contributed by atoms with E-state index >= 15 is 0 Å². The fourth-order valence-electron chi connectivity index (χ4n) is 2.38. The minimum Gasteiger partial charge on any atom is -0.392 e. The Morgan fingerprint density at radius 2 is 1.88 bits per heavy atom. The zero-order chi connectivity index (χ0) is 17.7. The predicted molar refractivity (Wildman–Crippen MR) is 95.9 cm³/mol. The molecule has 0 fully saturated rings. The summed E-state index contributed by atoms with van der Waals surface area (Å²) in [6.45, 7) is 8.96. The molecule has 0 aliphatic rings. The van der Waals surface area contributed by atoms with Crippen LogP contribution in [0, 0.1) is 6.92 Å². The standard InChI is InChI=1S/C17H26N6O/c1-11(2)23(9-13(4)24)10-15-20-16(18)22-17(21-15)19-14-8-6-5-7-12(14)3/h5-8,11,13,24H,9-10H2,1-4H3,(H3,18,19,20,21,22). The van der Waals surface area contributed by atoms with E-state index in [2.05, 4.69) is 39.0 Å². The van der Waals surface area contributed by atoms with Crippen molar-refractivity contribution in [1.82, 2.24) is 19.9 Å². The molecule has 0 saturated carbocycles. The molecule has 7 heteroatoms. The molecule has 1 heterocycles. The monoisotopic (exact) mass is 330 g/mol. The van der Waals surface area contributed by atoms with Crippen molar-refractivity contribution < 1.29 is 5.11 Å². The highest BCUT2D eigenvalue weighted by molar-refractivity contribution is 5.58. The number of aryl methyl sites for hydroxylation is 1. The summed E-state index contributed by atoms with van der Waals surface area (Å²) in [5.74, 6) is 1.18. The van der Waals surface area contributed by atoms with Crippen LogP contribution in [-0.2, 0) is 6.54 Å². The Hall–Kier alpha value is -2.25. The topological polar surface area (TPSA) is 100 Å². The maximum absolute atomic E-state index is 9.65. The summed E-state index contributed by atoms with van der Waals surface area (Å²) in [5.41, 5.74) is 7.86. The van der Waals surface area contributed by atoms with Crippen molar-refractivity contribution in [3.8, 4) is 0 Å². The van der Waals surface area contributed by atoms with Crippen LogP contribution < -0.4 is 11.1 Å². The number of hydrogen-bond donors (Lipinski definition) is 3. The normalized spacial score (nSPS) is 12.6. The molecule has 4 N–H and O–H groups in total. The van der Waals surface area contributed by atoms with Crippen LogP contribution in [0.3, 0.4) is 0 Å². The van der Waals surface area contributed by atoms with Crippen molar-refractivity contribution in [3.05, 3.63) is 35.7 Å². The Balaban J connectivity index is 2.20. The number of nitrogens with one attached hydrogen (secondary N) is 1. The minimum atomic E-state index is -0.420. The van der Waals surface area contributed by atoms with Gasteiger partial charge >= 0.3 is 0 Å². The highest BCUT2D eigenvalue weighted by atomic mass is 16.3. The van der Waals surface area contributed by atoms with E-state index in [9.17, 15) is 5.11 Å². The summed E-state index contributed by atoms with van der Waals surface area (Å²) in [4.78, 5) is 14.9. The number of aliphatic hydroxyl groups excluding tert-OH is 1. The molecular formula is C17H26N6O. The molecule has 1 unspecified atom stereocenters.